The van der Waals surface area contributed by atoms with E-state index in [9.17, 15) is 8.42 Å². The predicted molar refractivity (Wildman–Crippen MR) is 92.0 cm³/mol. The van der Waals surface area contributed by atoms with Gasteiger partial charge in [-0.3, -0.25) is 0 Å². The molecule has 120 valence electrons. The monoisotopic (exact) mass is 370 g/mol. The average molecular weight is 371 g/mol. The van der Waals surface area contributed by atoms with E-state index in [1.165, 1.54) is 10.4 Å². The van der Waals surface area contributed by atoms with Crippen molar-refractivity contribution in [3.63, 3.8) is 0 Å². The molecule has 8 heteroatoms. The number of hydrogen-bond donors (Lipinski definition) is 1. The van der Waals surface area contributed by atoms with Crippen LogP contribution in [0.2, 0.25) is 10.0 Å². The first-order chi connectivity index (χ1) is 9.84. The minimum Gasteiger partial charge on any atom is -0.313 e. The van der Waals surface area contributed by atoms with Crippen molar-refractivity contribution in [3.05, 3.63) is 27.7 Å². The SMILES string of the molecule is CCNCc1cc(S(=O)(=O)N(C)CCSC)c(Cl)cc1Cl. The molecular weight excluding hydrogens is 351 g/mol. The number of halogens is 2. The molecule has 0 aliphatic carbocycles. The van der Waals surface area contributed by atoms with Gasteiger partial charge in [0.25, 0.3) is 0 Å². The van der Waals surface area contributed by atoms with Gasteiger partial charge in [-0.1, -0.05) is 30.1 Å². The molecule has 0 aliphatic heterocycles. The second-order valence-electron chi connectivity index (χ2n) is 4.47. The van der Waals surface area contributed by atoms with Gasteiger partial charge in [0.2, 0.25) is 10.0 Å². The largest absolute Gasteiger partial charge is 0.313 e. The highest BCUT2D eigenvalue weighted by atomic mass is 35.5. The van der Waals surface area contributed by atoms with Gasteiger partial charge in [-0.15, -0.1) is 0 Å². The lowest BCUT2D eigenvalue weighted by Crippen LogP contribution is -2.29. The zero-order valence-corrected chi connectivity index (χ0v) is 15.5. The van der Waals surface area contributed by atoms with E-state index in [0.29, 0.717) is 18.1 Å². The number of rotatable bonds is 8. The molecule has 1 N–H and O–H groups in total. The third-order valence-corrected chi connectivity index (χ3v) is 6.23. The van der Waals surface area contributed by atoms with E-state index >= 15 is 0 Å². The average Bonchev–Trinajstić information content (AvgIpc) is 2.43. The molecule has 0 aliphatic rings. The van der Waals surface area contributed by atoms with Crippen LogP contribution in [0.3, 0.4) is 0 Å². The highest BCUT2D eigenvalue weighted by Gasteiger charge is 2.24. The van der Waals surface area contributed by atoms with E-state index in [1.807, 2.05) is 13.2 Å². The van der Waals surface area contributed by atoms with E-state index in [2.05, 4.69) is 5.32 Å². The molecule has 0 heterocycles. The summed E-state index contributed by atoms with van der Waals surface area (Å²) in [7, 11) is -2.05. The Hall–Kier alpha value is 0.0200. The quantitative estimate of drug-likeness (QED) is 0.763. The van der Waals surface area contributed by atoms with Gasteiger partial charge in [0, 0.05) is 30.9 Å². The Bertz CT molecular complexity index is 580. The van der Waals surface area contributed by atoms with Crippen LogP contribution >= 0.6 is 35.0 Å². The lowest BCUT2D eigenvalue weighted by molar-refractivity contribution is 0.488. The first-order valence-electron chi connectivity index (χ1n) is 6.48. The standard InChI is InChI=1S/C13H20Cl2N2O2S2/c1-4-16-9-10-7-13(12(15)8-11(10)14)21(18,19)17(2)5-6-20-3/h7-8,16H,4-6,9H2,1-3H3. The second-order valence-corrected chi connectivity index (χ2v) is 8.29. The number of sulfonamides is 1. The summed E-state index contributed by atoms with van der Waals surface area (Å²) >= 11 is 13.8. The fourth-order valence-corrected chi connectivity index (χ4v) is 4.25. The Morgan fingerprint density at radius 1 is 1.29 bits per heavy atom. The minimum absolute atomic E-state index is 0.102. The Morgan fingerprint density at radius 2 is 1.95 bits per heavy atom. The third kappa shape index (κ3) is 5.01. The van der Waals surface area contributed by atoms with Crippen molar-refractivity contribution in [2.45, 2.75) is 18.4 Å². The maximum Gasteiger partial charge on any atom is 0.244 e. The molecule has 0 unspecified atom stereocenters. The summed E-state index contributed by atoms with van der Waals surface area (Å²) in [6, 6.07) is 3.04. The van der Waals surface area contributed by atoms with Crippen molar-refractivity contribution in [2.24, 2.45) is 0 Å². The van der Waals surface area contributed by atoms with Gasteiger partial charge in [0.05, 0.1) is 5.02 Å². The number of nitrogens with one attached hydrogen (secondary N) is 1. The van der Waals surface area contributed by atoms with Crippen LogP contribution < -0.4 is 5.32 Å². The molecule has 4 nitrogen and oxygen atoms in total. The van der Waals surface area contributed by atoms with Crippen LogP contribution in [0, 0.1) is 0 Å². The van der Waals surface area contributed by atoms with E-state index in [4.69, 9.17) is 23.2 Å². The molecule has 1 rings (SSSR count). The summed E-state index contributed by atoms with van der Waals surface area (Å²) in [5, 5.41) is 3.74. The first kappa shape index (κ1) is 19.1. The predicted octanol–water partition coefficient (Wildman–Crippen LogP) is 3.09. The summed E-state index contributed by atoms with van der Waals surface area (Å²) < 4.78 is 26.4. The highest BCUT2D eigenvalue weighted by molar-refractivity contribution is 7.98. The molecule has 0 amide bonds. The van der Waals surface area contributed by atoms with E-state index in [-0.39, 0.29) is 9.92 Å². The van der Waals surface area contributed by atoms with Gasteiger partial charge in [0.15, 0.2) is 0 Å². The Kier molecular flexibility index (Phi) is 7.81. The molecule has 0 saturated heterocycles. The molecule has 1 aromatic carbocycles. The molecule has 0 saturated carbocycles. The zero-order chi connectivity index (χ0) is 16.0. The summed E-state index contributed by atoms with van der Waals surface area (Å²) in [5.41, 5.74) is 0.722. The van der Waals surface area contributed by atoms with Crippen LogP contribution in [0.25, 0.3) is 0 Å². The number of thioether (sulfide) groups is 1. The maximum absolute atomic E-state index is 12.6. The molecule has 0 spiro atoms. The summed E-state index contributed by atoms with van der Waals surface area (Å²) in [4.78, 5) is 0.102. The fraction of sp³-hybridized carbons (Fsp3) is 0.538. The van der Waals surface area contributed by atoms with Crippen molar-refractivity contribution in [1.82, 2.24) is 9.62 Å². The van der Waals surface area contributed by atoms with Gasteiger partial charge in [-0.25, -0.2) is 12.7 Å². The van der Waals surface area contributed by atoms with Crippen molar-refractivity contribution >= 4 is 45.0 Å². The smallest absolute Gasteiger partial charge is 0.244 e. The molecular formula is C13H20Cl2N2O2S2. The third-order valence-electron chi connectivity index (χ3n) is 2.96. The summed E-state index contributed by atoms with van der Waals surface area (Å²) in [6.45, 7) is 3.68. The number of benzene rings is 1. The number of nitrogens with zero attached hydrogens (tertiary/aromatic N) is 1. The van der Waals surface area contributed by atoms with Crippen LogP contribution in [0.4, 0.5) is 0 Å². The van der Waals surface area contributed by atoms with Crippen molar-refractivity contribution in [1.29, 1.82) is 0 Å². The normalized spacial score (nSPS) is 12.1. The minimum atomic E-state index is -3.60. The Balaban J connectivity index is 3.16. The molecule has 0 bridgehead atoms. The van der Waals surface area contributed by atoms with Crippen LogP contribution in [0.15, 0.2) is 17.0 Å². The lowest BCUT2D eigenvalue weighted by atomic mass is 10.2. The van der Waals surface area contributed by atoms with E-state index in [1.54, 1.807) is 24.9 Å². The molecule has 21 heavy (non-hydrogen) atoms. The van der Waals surface area contributed by atoms with Crippen LogP contribution in [-0.2, 0) is 16.6 Å². The topological polar surface area (TPSA) is 49.4 Å². The molecule has 1 aromatic rings. The first-order valence-corrected chi connectivity index (χ1v) is 10.1. The molecule has 0 fully saturated rings. The van der Waals surface area contributed by atoms with Crippen LogP contribution in [0.1, 0.15) is 12.5 Å². The lowest BCUT2D eigenvalue weighted by Gasteiger charge is -2.18. The maximum atomic E-state index is 12.6. The summed E-state index contributed by atoms with van der Waals surface area (Å²) in [6.07, 6.45) is 1.93. The van der Waals surface area contributed by atoms with Gasteiger partial charge < -0.3 is 5.32 Å². The number of hydrogen-bond acceptors (Lipinski definition) is 4. The van der Waals surface area contributed by atoms with Gasteiger partial charge in [0.1, 0.15) is 4.90 Å². The fourth-order valence-electron chi connectivity index (χ4n) is 1.67. The molecule has 0 atom stereocenters. The van der Waals surface area contributed by atoms with Crippen molar-refractivity contribution < 1.29 is 8.42 Å². The van der Waals surface area contributed by atoms with Crippen LogP contribution in [-0.4, -0.2) is 44.9 Å². The summed E-state index contributed by atoms with van der Waals surface area (Å²) in [5.74, 6) is 0.727. The van der Waals surface area contributed by atoms with E-state index in [0.717, 1.165) is 17.9 Å². The second kappa shape index (κ2) is 8.60. The van der Waals surface area contributed by atoms with Crippen molar-refractivity contribution in [2.75, 3.05) is 32.1 Å². The highest BCUT2D eigenvalue weighted by Crippen LogP contribution is 2.30. The van der Waals surface area contributed by atoms with Crippen LogP contribution in [0.5, 0.6) is 0 Å². The molecule has 0 aromatic heterocycles. The van der Waals surface area contributed by atoms with Gasteiger partial charge >= 0.3 is 0 Å². The molecule has 0 radical (unpaired) electrons. The van der Waals surface area contributed by atoms with Crippen molar-refractivity contribution in [3.8, 4) is 0 Å². The van der Waals surface area contributed by atoms with Gasteiger partial charge in [-0.2, -0.15) is 11.8 Å². The zero-order valence-electron chi connectivity index (χ0n) is 12.3. The van der Waals surface area contributed by atoms with Gasteiger partial charge in [-0.05, 0) is 30.5 Å². The Labute approximate surface area is 141 Å². The Morgan fingerprint density at radius 3 is 2.52 bits per heavy atom. The van der Waals surface area contributed by atoms with E-state index < -0.39 is 10.0 Å².